The molecule has 4 nitrogen and oxygen atoms in total. The molecule has 4 heteroatoms. The van der Waals surface area contributed by atoms with E-state index in [0.717, 1.165) is 18.7 Å². The Kier molecular flexibility index (Phi) is 6.02. The SMILES string of the molecule is CCCNC(C)(CN(CC)c1ccc(C)cc1)C(=O)O. The van der Waals surface area contributed by atoms with Crippen LogP contribution in [0, 0.1) is 6.92 Å². The van der Waals surface area contributed by atoms with Crippen LogP contribution in [0.2, 0.25) is 0 Å². The molecule has 0 aliphatic carbocycles. The lowest BCUT2D eigenvalue weighted by Gasteiger charge is -2.34. The maximum Gasteiger partial charge on any atom is 0.325 e. The summed E-state index contributed by atoms with van der Waals surface area (Å²) in [5, 5.41) is 12.7. The van der Waals surface area contributed by atoms with Gasteiger partial charge in [-0.1, -0.05) is 24.6 Å². The van der Waals surface area contributed by atoms with E-state index in [1.165, 1.54) is 5.56 Å². The first kappa shape index (κ1) is 16.5. The predicted octanol–water partition coefficient (Wildman–Crippen LogP) is 2.66. The van der Waals surface area contributed by atoms with Crippen molar-refractivity contribution < 1.29 is 9.90 Å². The highest BCUT2D eigenvalue weighted by Gasteiger charge is 2.34. The number of nitrogens with zero attached hydrogens (tertiary/aromatic N) is 1. The molecule has 0 heterocycles. The summed E-state index contributed by atoms with van der Waals surface area (Å²) in [5.41, 5.74) is 1.33. The number of hydrogen-bond acceptors (Lipinski definition) is 3. The van der Waals surface area contributed by atoms with Gasteiger partial charge in [-0.15, -0.1) is 0 Å². The Hall–Kier alpha value is -1.55. The lowest BCUT2D eigenvalue weighted by atomic mass is 10.0. The Balaban J connectivity index is 2.88. The molecular weight excluding hydrogens is 252 g/mol. The lowest BCUT2D eigenvalue weighted by molar-refractivity contribution is -0.143. The highest BCUT2D eigenvalue weighted by molar-refractivity contribution is 5.79. The van der Waals surface area contributed by atoms with Crippen molar-refractivity contribution in [1.29, 1.82) is 0 Å². The standard InChI is InChI=1S/C16H26N2O2/c1-5-11-17-16(4,15(19)20)12-18(6-2)14-9-7-13(3)8-10-14/h7-10,17H,5-6,11-12H2,1-4H3,(H,19,20). The molecule has 0 aromatic heterocycles. The maximum atomic E-state index is 11.6. The van der Waals surface area contributed by atoms with Gasteiger partial charge in [-0.3, -0.25) is 4.79 Å². The molecule has 112 valence electrons. The summed E-state index contributed by atoms with van der Waals surface area (Å²) in [5.74, 6) is -0.809. The van der Waals surface area contributed by atoms with Crippen LogP contribution in [0.3, 0.4) is 0 Å². The number of carboxylic acid groups (broad SMARTS) is 1. The quantitative estimate of drug-likeness (QED) is 0.767. The van der Waals surface area contributed by atoms with Gasteiger partial charge in [0.25, 0.3) is 0 Å². The smallest absolute Gasteiger partial charge is 0.325 e. The van der Waals surface area contributed by atoms with Crippen molar-refractivity contribution in [2.45, 2.75) is 39.7 Å². The molecular formula is C16H26N2O2. The topological polar surface area (TPSA) is 52.6 Å². The minimum absolute atomic E-state index is 0.446. The first-order valence-corrected chi connectivity index (χ1v) is 7.23. The van der Waals surface area contributed by atoms with Gasteiger partial charge in [0, 0.05) is 18.8 Å². The predicted molar refractivity (Wildman–Crippen MR) is 83.4 cm³/mol. The minimum Gasteiger partial charge on any atom is -0.480 e. The molecule has 0 aliphatic rings. The highest BCUT2D eigenvalue weighted by Crippen LogP contribution is 2.18. The van der Waals surface area contributed by atoms with Crippen LogP contribution in [0.4, 0.5) is 5.69 Å². The minimum atomic E-state index is -0.934. The Morgan fingerprint density at radius 1 is 1.30 bits per heavy atom. The molecule has 0 radical (unpaired) electrons. The maximum absolute atomic E-state index is 11.6. The first-order valence-electron chi connectivity index (χ1n) is 7.23. The lowest BCUT2D eigenvalue weighted by Crippen LogP contribution is -2.57. The Bertz CT molecular complexity index is 431. The number of rotatable bonds is 8. The van der Waals surface area contributed by atoms with Gasteiger partial charge in [-0.25, -0.2) is 0 Å². The Labute approximate surface area is 121 Å². The number of anilines is 1. The number of nitrogens with one attached hydrogen (secondary N) is 1. The first-order chi connectivity index (χ1) is 9.42. The summed E-state index contributed by atoms with van der Waals surface area (Å²) in [4.78, 5) is 13.7. The largest absolute Gasteiger partial charge is 0.480 e. The van der Waals surface area contributed by atoms with Crippen molar-refractivity contribution >= 4 is 11.7 Å². The number of aryl methyl sites for hydroxylation is 1. The normalized spacial score (nSPS) is 13.8. The number of carboxylic acids is 1. The van der Waals surface area contributed by atoms with E-state index in [0.29, 0.717) is 13.1 Å². The number of aliphatic carboxylic acids is 1. The number of benzene rings is 1. The summed E-state index contributed by atoms with van der Waals surface area (Å²) in [6.07, 6.45) is 0.916. The van der Waals surface area contributed by atoms with E-state index < -0.39 is 11.5 Å². The zero-order valence-corrected chi connectivity index (χ0v) is 12.9. The summed E-state index contributed by atoms with van der Waals surface area (Å²) >= 11 is 0. The second kappa shape index (κ2) is 7.29. The van der Waals surface area contributed by atoms with Gasteiger partial charge >= 0.3 is 5.97 Å². The van der Waals surface area contributed by atoms with Gasteiger partial charge in [-0.05, 0) is 45.9 Å². The fourth-order valence-corrected chi connectivity index (χ4v) is 2.12. The molecule has 1 aromatic rings. The van der Waals surface area contributed by atoms with Crippen molar-refractivity contribution in [3.63, 3.8) is 0 Å². The molecule has 0 saturated carbocycles. The molecule has 0 spiro atoms. The summed E-state index contributed by atoms with van der Waals surface area (Å²) in [7, 11) is 0. The zero-order valence-electron chi connectivity index (χ0n) is 12.9. The molecule has 0 saturated heterocycles. The van der Waals surface area contributed by atoms with Gasteiger partial charge in [-0.2, -0.15) is 0 Å². The van der Waals surface area contributed by atoms with E-state index in [4.69, 9.17) is 0 Å². The van der Waals surface area contributed by atoms with E-state index in [1.807, 2.05) is 32.9 Å². The molecule has 0 aliphatic heterocycles. The van der Waals surface area contributed by atoms with Crippen molar-refractivity contribution in [2.75, 3.05) is 24.5 Å². The van der Waals surface area contributed by atoms with Crippen LogP contribution in [-0.4, -0.2) is 36.2 Å². The average Bonchev–Trinajstić information content (AvgIpc) is 2.43. The third-order valence-electron chi connectivity index (χ3n) is 3.53. The average molecular weight is 278 g/mol. The van der Waals surface area contributed by atoms with E-state index in [-0.39, 0.29) is 0 Å². The molecule has 0 fully saturated rings. The van der Waals surface area contributed by atoms with Crippen LogP contribution in [-0.2, 0) is 4.79 Å². The monoisotopic (exact) mass is 278 g/mol. The summed E-state index contributed by atoms with van der Waals surface area (Å²) < 4.78 is 0. The van der Waals surface area contributed by atoms with Crippen LogP contribution in [0.1, 0.15) is 32.8 Å². The van der Waals surface area contributed by atoms with Crippen LogP contribution < -0.4 is 10.2 Å². The second-order valence-electron chi connectivity index (χ2n) is 5.41. The molecule has 1 unspecified atom stereocenters. The highest BCUT2D eigenvalue weighted by atomic mass is 16.4. The third-order valence-corrected chi connectivity index (χ3v) is 3.53. The molecule has 2 N–H and O–H groups in total. The summed E-state index contributed by atoms with van der Waals surface area (Å²) in [6.45, 7) is 9.80. The number of carbonyl (C=O) groups is 1. The second-order valence-corrected chi connectivity index (χ2v) is 5.41. The van der Waals surface area contributed by atoms with Gasteiger partial charge in [0.15, 0.2) is 0 Å². The summed E-state index contributed by atoms with van der Waals surface area (Å²) in [6, 6.07) is 8.19. The van der Waals surface area contributed by atoms with E-state index >= 15 is 0 Å². The van der Waals surface area contributed by atoms with Crippen LogP contribution >= 0.6 is 0 Å². The van der Waals surface area contributed by atoms with E-state index in [9.17, 15) is 9.90 Å². The van der Waals surface area contributed by atoms with Crippen LogP contribution in [0.25, 0.3) is 0 Å². The number of likely N-dealkylation sites (N-methyl/N-ethyl adjacent to an activating group) is 1. The van der Waals surface area contributed by atoms with E-state index in [2.05, 4.69) is 22.3 Å². The van der Waals surface area contributed by atoms with E-state index in [1.54, 1.807) is 6.92 Å². The molecule has 20 heavy (non-hydrogen) atoms. The van der Waals surface area contributed by atoms with Gasteiger partial charge in [0.1, 0.15) is 5.54 Å². The molecule has 1 aromatic carbocycles. The van der Waals surface area contributed by atoms with Crippen molar-refractivity contribution in [1.82, 2.24) is 5.32 Å². The van der Waals surface area contributed by atoms with Crippen molar-refractivity contribution in [2.24, 2.45) is 0 Å². The molecule has 1 atom stereocenters. The van der Waals surface area contributed by atoms with Gasteiger partial charge in [0.05, 0.1) is 0 Å². The molecule has 0 amide bonds. The Morgan fingerprint density at radius 3 is 2.35 bits per heavy atom. The third kappa shape index (κ3) is 4.23. The molecule has 0 bridgehead atoms. The Morgan fingerprint density at radius 2 is 1.90 bits per heavy atom. The van der Waals surface area contributed by atoms with Crippen molar-refractivity contribution in [3.05, 3.63) is 29.8 Å². The van der Waals surface area contributed by atoms with Crippen LogP contribution in [0.15, 0.2) is 24.3 Å². The fourth-order valence-electron chi connectivity index (χ4n) is 2.12. The van der Waals surface area contributed by atoms with Crippen LogP contribution in [0.5, 0.6) is 0 Å². The van der Waals surface area contributed by atoms with Gasteiger partial charge in [0.2, 0.25) is 0 Å². The fraction of sp³-hybridized carbons (Fsp3) is 0.562. The van der Waals surface area contributed by atoms with Gasteiger partial charge < -0.3 is 15.3 Å². The van der Waals surface area contributed by atoms with Crippen molar-refractivity contribution in [3.8, 4) is 0 Å². The number of hydrogen-bond donors (Lipinski definition) is 2. The zero-order chi connectivity index (χ0) is 15.2. The molecule has 1 rings (SSSR count).